The monoisotopic (exact) mass is 292 g/mol. The second kappa shape index (κ2) is 6.62. The van der Waals surface area contributed by atoms with Crippen molar-refractivity contribution in [2.75, 3.05) is 17.3 Å². The largest absolute Gasteiger partial charge is 0.369 e. The van der Waals surface area contributed by atoms with Crippen LogP contribution >= 0.6 is 11.3 Å². The van der Waals surface area contributed by atoms with Crippen LogP contribution in [0.5, 0.6) is 0 Å². The molecule has 108 valence electrons. The van der Waals surface area contributed by atoms with Gasteiger partial charge in [-0.05, 0) is 12.8 Å². The van der Waals surface area contributed by atoms with Gasteiger partial charge in [-0.3, -0.25) is 0 Å². The summed E-state index contributed by atoms with van der Waals surface area (Å²) < 4.78 is 0. The van der Waals surface area contributed by atoms with Gasteiger partial charge in [0.2, 0.25) is 0 Å². The lowest BCUT2D eigenvalue weighted by atomic mass is 10.0. The number of nitrogens with zero attached hydrogens (tertiary/aromatic N) is 3. The molecule has 7 heteroatoms. The summed E-state index contributed by atoms with van der Waals surface area (Å²) in [4.78, 5) is 12.9. The molecule has 0 saturated heterocycles. The molecule has 0 amide bonds. The highest BCUT2D eigenvalue weighted by atomic mass is 32.1. The summed E-state index contributed by atoms with van der Waals surface area (Å²) in [6, 6.07) is 0. The van der Waals surface area contributed by atoms with Crippen LogP contribution in [0.4, 0.5) is 11.6 Å². The second-order valence-corrected chi connectivity index (χ2v) is 5.88. The van der Waals surface area contributed by atoms with Gasteiger partial charge in [-0.1, -0.05) is 13.8 Å². The van der Waals surface area contributed by atoms with Crippen LogP contribution in [-0.2, 0) is 6.42 Å². The number of thiazole rings is 1. The number of nitrogens with one attached hydrogen (secondary N) is 2. The Morgan fingerprint density at radius 1 is 1.30 bits per heavy atom. The van der Waals surface area contributed by atoms with Crippen LogP contribution in [0.3, 0.4) is 0 Å². The van der Waals surface area contributed by atoms with E-state index in [1.165, 1.54) is 6.33 Å². The number of anilines is 2. The number of nitrogens with two attached hydrogens (primary N) is 1. The summed E-state index contributed by atoms with van der Waals surface area (Å²) in [5.74, 6) is 7.28. The molecule has 2 rings (SSSR count). The first-order valence-electron chi connectivity index (χ1n) is 6.58. The first kappa shape index (κ1) is 14.7. The summed E-state index contributed by atoms with van der Waals surface area (Å²) in [5, 5.41) is 6.53. The van der Waals surface area contributed by atoms with Crippen molar-refractivity contribution in [2.45, 2.75) is 33.1 Å². The normalized spacial score (nSPS) is 10.8. The van der Waals surface area contributed by atoms with E-state index in [2.05, 4.69) is 44.9 Å². The Balaban J connectivity index is 2.05. The number of hydrazine groups is 1. The zero-order chi connectivity index (χ0) is 14.5. The van der Waals surface area contributed by atoms with Gasteiger partial charge in [0.15, 0.2) is 0 Å². The van der Waals surface area contributed by atoms with Crippen molar-refractivity contribution in [3.05, 3.63) is 28.0 Å². The minimum absolute atomic E-state index is 0.284. The highest BCUT2D eigenvalue weighted by Crippen LogP contribution is 2.27. The molecule has 4 N–H and O–H groups in total. The van der Waals surface area contributed by atoms with Gasteiger partial charge in [-0.25, -0.2) is 20.8 Å². The van der Waals surface area contributed by atoms with E-state index in [1.807, 2.05) is 6.92 Å². The van der Waals surface area contributed by atoms with Crippen molar-refractivity contribution < 1.29 is 0 Å². The molecule has 0 aromatic carbocycles. The Bertz CT molecular complexity index is 566. The van der Waals surface area contributed by atoms with E-state index in [4.69, 9.17) is 5.84 Å². The summed E-state index contributed by atoms with van der Waals surface area (Å²) in [6.45, 7) is 6.98. The molecule has 0 saturated carbocycles. The van der Waals surface area contributed by atoms with Gasteiger partial charge < -0.3 is 10.7 Å². The molecule has 0 unspecified atom stereocenters. The number of nitrogen functional groups attached to an aromatic ring is 1. The first-order valence-corrected chi connectivity index (χ1v) is 7.46. The van der Waals surface area contributed by atoms with Crippen LogP contribution in [0.2, 0.25) is 0 Å². The molecule has 0 fully saturated rings. The predicted octanol–water partition coefficient (Wildman–Crippen LogP) is 2.31. The van der Waals surface area contributed by atoms with E-state index in [1.54, 1.807) is 11.3 Å². The number of aryl methyl sites for hydroxylation is 1. The highest BCUT2D eigenvalue weighted by Gasteiger charge is 2.14. The average Bonchev–Trinajstić information content (AvgIpc) is 2.83. The quantitative estimate of drug-likeness (QED) is 0.559. The van der Waals surface area contributed by atoms with Crippen LogP contribution in [0.15, 0.2) is 11.7 Å². The lowest BCUT2D eigenvalue weighted by Gasteiger charge is -2.16. The molecule has 2 heterocycles. The van der Waals surface area contributed by atoms with E-state index in [0.717, 1.165) is 35.0 Å². The summed E-state index contributed by atoms with van der Waals surface area (Å²) >= 11 is 1.67. The molecule has 6 nitrogen and oxygen atoms in total. The zero-order valence-electron chi connectivity index (χ0n) is 12.0. The lowest BCUT2D eigenvalue weighted by Crippen LogP contribution is -2.16. The SMILES string of the molecule is Cc1nc(CCNc2ncnc(NN)c2C(C)C)cs1. The van der Waals surface area contributed by atoms with E-state index in [-0.39, 0.29) is 5.92 Å². The van der Waals surface area contributed by atoms with Crippen molar-refractivity contribution >= 4 is 23.0 Å². The van der Waals surface area contributed by atoms with Gasteiger partial charge in [-0.15, -0.1) is 11.3 Å². The van der Waals surface area contributed by atoms with Crippen LogP contribution in [0, 0.1) is 6.92 Å². The maximum atomic E-state index is 5.50. The van der Waals surface area contributed by atoms with Gasteiger partial charge in [0.1, 0.15) is 18.0 Å². The van der Waals surface area contributed by atoms with E-state index in [0.29, 0.717) is 5.82 Å². The van der Waals surface area contributed by atoms with Gasteiger partial charge in [0.25, 0.3) is 0 Å². The molecular formula is C13H20N6S. The Morgan fingerprint density at radius 2 is 2.05 bits per heavy atom. The number of aromatic nitrogens is 3. The molecule has 0 spiro atoms. The molecule has 0 atom stereocenters. The zero-order valence-corrected chi connectivity index (χ0v) is 12.8. The van der Waals surface area contributed by atoms with Crippen LogP contribution in [0.25, 0.3) is 0 Å². The smallest absolute Gasteiger partial charge is 0.148 e. The maximum Gasteiger partial charge on any atom is 0.148 e. The minimum atomic E-state index is 0.284. The third kappa shape index (κ3) is 3.43. The Hall–Kier alpha value is -1.73. The van der Waals surface area contributed by atoms with Crippen molar-refractivity contribution in [3.63, 3.8) is 0 Å². The minimum Gasteiger partial charge on any atom is -0.369 e. The summed E-state index contributed by atoms with van der Waals surface area (Å²) in [5.41, 5.74) is 4.74. The highest BCUT2D eigenvalue weighted by molar-refractivity contribution is 7.09. The number of rotatable bonds is 6. The van der Waals surface area contributed by atoms with Crippen molar-refractivity contribution in [1.29, 1.82) is 0 Å². The van der Waals surface area contributed by atoms with E-state index >= 15 is 0 Å². The van der Waals surface area contributed by atoms with Crippen molar-refractivity contribution in [2.24, 2.45) is 5.84 Å². The predicted molar refractivity (Wildman–Crippen MR) is 83.0 cm³/mol. The van der Waals surface area contributed by atoms with Gasteiger partial charge in [-0.2, -0.15) is 0 Å². The fourth-order valence-corrected chi connectivity index (χ4v) is 2.68. The molecule has 20 heavy (non-hydrogen) atoms. The average molecular weight is 292 g/mol. The number of hydrogen-bond acceptors (Lipinski definition) is 7. The van der Waals surface area contributed by atoms with Gasteiger partial charge >= 0.3 is 0 Å². The van der Waals surface area contributed by atoms with Gasteiger partial charge in [0.05, 0.1) is 10.7 Å². The topological polar surface area (TPSA) is 88.8 Å². The van der Waals surface area contributed by atoms with E-state index in [9.17, 15) is 0 Å². The fourth-order valence-electron chi connectivity index (χ4n) is 2.03. The second-order valence-electron chi connectivity index (χ2n) is 4.82. The number of hydrogen-bond donors (Lipinski definition) is 3. The van der Waals surface area contributed by atoms with Crippen molar-refractivity contribution in [3.8, 4) is 0 Å². The van der Waals surface area contributed by atoms with Gasteiger partial charge in [0, 0.05) is 23.9 Å². The Kier molecular flexibility index (Phi) is 4.86. The molecule has 2 aromatic heterocycles. The standard InChI is InChI=1S/C13H20N6S/c1-8(2)11-12(16-7-17-13(11)19-14)15-5-4-10-6-20-9(3)18-10/h6-8H,4-5,14H2,1-3H3,(H2,15,16,17,19). The molecule has 2 aromatic rings. The molecule has 0 aliphatic heterocycles. The summed E-state index contributed by atoms with van der Waals surface area (Å²) in [7, 11) is 0. The molecule has 0 aliphatic rings. The Morgan fingerprint density at radius 3 is 2.65 bits per heavy atom. The van der Waals surface area contributed by atoms with Crippen molar-refractivity contribution in [1.82, 2.24) is 15.0 Å². The summed E-state index contributed by atoms with van der Waals surface area (Å²) in [6.07, 6.45) is 2.38. The fraction of sp³-hybridized carbons (Fsp3) is 0.462. The lowest BCUT2D eigenvalue weighted by molar-refractivity contribution is 0.842. The maximum absolute atomic E-state index is 5.50. The molecule has 0 radical (unpaired) electrons. The Labute approximate surface area is 122 Å². The first-order chi connectivity index (χ1) is 9.61. The molecule has 0 bridgehead atoms. The van der Waals surface area contributed by atoms with Crippen LogP contribution in [0.1, 0.15) is 36.0 Å². The third-order valence-corrected chi connectivity index (χ3v) is 3.76. The third-order valence-electron chi connectivity index (χ3n) is 2.94. The molecular weight excluding hydrogens is 272 g/mol. The van der Waals surface area contributed by atoms with Crippen LogP contribution in [-0.4, -0.2) is 21.5 Å². The van der Waals surface area contributed by atoms with E-state index < -0.39 is 0 Å². The molecule has 0 aliphatic carbocycles. The van der Waals surface area contributed by atoms with Crippen LogP contribution < -0.4 is 16.6 Å².